The summed E-state index contributed by atoms with van der Waals surface area (Å²) in [4.78, 5) is 4.89. The lowest BCUT2D eigenvalue weighted by atomic mass is 10.0. The predicted octanol–water partition coefficient (Wildman–Crippen LogP) is 5.29. The number of hydrogen-bond acceptors (Lipinski definition) is 2. The molecule has 0 fully saturated rings. The largest absolute Gasteiger partial charge is 0.482 e. The van der Waals surface area contributed by atoms with Crippen LogP contribution in [0.25, 0.3) is 11.0 Å². The molecule has 134 valence electrons. The van der Waals surface area contributed by atoms with Gasteiger partial charge in [0.2, 0.25) is 0 Å². The van der Waals surface area contributed by atoms with Crippen LogP contribution in [0.15, 0.2) is 72.8 Å². The second-order valence-corrected chi connectivity index (χ2v) is 6.93. The van der Waals surface area contributed by atoms with Crippen LogP contribution in [-0.2, 0) is 13.0 Å². The molecule has 0 amide bonds. The van der Waals surface area contributed by atoms with Crippen LogP contribution < -0.4 is 4.74 Å². The molecule has 3 nitrogen and oxygen atoms in total. The van der Waals surface area contributed by atoms with Crippen molar-refractivity contribution in [2.75, 3.05) is 0 Å². The summed E-state index contributed by atoms with van der Waals surface area (Å²) >= 11 is 0. The summed E-state index contributed by atoms with van der Waals surface area (Å²) < 4.78 is 22.0. The van der Waals surface area contributed by atoms with E-state index in [9.17, 15) is 4.39 Å². The molecule has 0 saturated carbocycles. The summed E-state index contributed by atoms with van der Waals surface area (Å²) in [6, 6.07) is 23.3. The van der Waals surface area contributed by atoms with Gasteiger partial charge in [0.1, 0.15) is 11.6 Å². The Morgan fingerprint density at radius 2 is 1.81 bits per heavy atom. The highest BCUT2D eigenvalue weighted by Crippen LogP contribution is 2.36. The third-order valence-electron chi connectivity index (χ3n) is 5.12. The van der Waals surface area contributed by atoms with E-state index in [0.29, 0.717) is 0 Å². The molecule has 0 bridgehead atoms. The summed E-state index contributed by atoms with van der Waals surface area (Å²) in [5.41, 5.74) is 4.22. The molecule has 27 heavy (non-hydrogen) atoms. The zero-order valence-electron chi connectivity index (χ0n) is 14.8. The van der Waals surface area contributed by atoms with Crippen molar-refractivity contribution in [1.29, 1.82) is 0 Å². The van der Waals surface area contributed by atoms with Crippen molar-refractivity contribution in [3.63, 3.8) is 0 Å². The van der Waals surface area contributed by atoms with Crippen molar-refractivity contribution in [3.8, 4) is 5.75 Å². The van der Waals surface area contributed by atoms with E-state index in [0.717, 1.165) is 47.6 Å². The number of para-hydroxylation sites is 2. The average Bonchev–Trinajstić information content (AvgIpc) is 3.07. The van der Waals surface area contributed by atoms with Crippen molar-refractivity contribution in [2.24, 2.45) is 0 Å². The van der Waals surface area contributed by atoms with E-state index in [2.05, 4.69) is 34.9 Å². The van der Waals surface area contributed by atoms with E-state index in [1.54, 1.807) is 12.1 Å². The number of aryl methyl sites for hydroxylation is 1. The maximum Gasteiger partial charge on any atom is 0.157 e. The van der Waals surface area contributed by atoms with Gasteiger partial charge in [-0.1, -0.05) is 42.5 Å². The van der Waals surface area contributed by atoms with Gasteiger partial charge in [-0.05, 0) is 54.3 Å². The molecule has 1 aliphatic rings. The molecule has 4 heteroatoms. The van der Waals surface area contributed by atoms with E-state index in [1.165, 1.54) is 11.6 Å². The van der Waals surface area contributed by atoms with Crippen molar-refractivity contribution in [3.05, 3.63) is 95.6 Å². The Morgan fingerprint density at radius 3 is 2.70 bits per heavy atom. The molecular weight excluding hydrogens is 339 g/mol. The molecule has 0 spiro atoms. The molecule has 0 N–H and O–H groups in total. The number of hydrogen-bond donors (Lipinski definition) is 0. The van der Waals surface area contributed by atoms with Crippen LogP contribution in [0.4, 0.5) is 4.39 Å². The number of benzene rings is 3. The lowest BCUT2D eigenvalue weighted by molar-refractivity contribution is 0.163. The summed E-state index contributed by atoms with van der Waals surface area (Å²) in [6.45, 7) is 0.743. The molecule has 1 aromatic heterocycles. The number of rotatable bonds is 3. The Bertz CT molecular complexity index is 1100. The van der Waals surface area contributed by atoms with E-state index in [1.807, 2.05) is 24.3 Å². The molecule has 4 aromatic rings. The number of imidazole rings is 1. The molecule has 1 aliphatic heterocycles. The summed E-state index contributed by atoms with van der Waals surface area (Å²) in [5, 5.41) is 0. The number of nitrogens with zero attached hydrogens (tertiary/aromatic N) is 2. The highest BCUT2D eigenvalue weighted by molar-refractivity contribution is 5.76. The first-order valence-corrected chi connectivity index (χ1v) is 9.22. The minimum Gasteiger partial charge on any atom is -0.482 e. The topological polar surface area (TPSA) is 27.1 Å². The Balaban J connectivity index is 1.57. The van der Waals surface area contributed by atoms with Gasteiger partial charge >= 0.3 is 0 Å². The lowest BCUT2D eigenvalue weighted by Crippen LogP contribution is -2.20. The Morgan fingerprint density at radius 1 is 1.00 bits per heavy atom. The summed E-state index contributed by atoms with van der Waals surface area (Å²) in [7, 11) is 0. The lowest BCUT2D eigenvalue weighted by Gasteiger charge is -2.26. The highest BCUT2D eigenvalue weighted by atomic mass is 19.1. The van der Waals surface area contributed by atoms with Gasteiger partial charge in [-0.3, -0.25) is 0 Å². The first-order chi connectivity index (χ1) is 13.3. The van der Waals surface area contributed by atoms with E-state index >= 15 is 0 Å². The molecule has 1 unspecified atom stereocenters. The number of aromatic nitrogens is 2. The number of ether oxygens (including phenoxy) is 1. The second-order valence-electron chi connectivity index (χ2n) is 6.93. The van der Waals surface area contributed by atoms with E-state index in [4.69, 9.17) is 9.72 Å². The first-order valence-electron chi connectivity index (χ1n) is 9.22. The quantitative estimate of drug-likeness (QED) is 0.497. The van der Waals surface area contributed by atoms with Crippen molar-refractivity contribution in [1.82, 2.24) is 9.55 Å². The van der Waals surface area contributed by atoms with Crippen LogP contribution in [0.3, 0.4) is 0 Å². The molecule has 3 aromatic carbocycles. The zero-order valence-corrected chi connectivity index (χ0v) is 14.8. The van der Waals surface area contributed by atoms with Gasteiger partial charge in [0.05, 0.1) is 11.0 Å². The van der Waals surface area contributed by atoms with Gasteiger partial charge in [-0.15, -0.1) is 0 Å². The van der Waals surface area contributed by atoms with Crippen LogP contribution in [0.2, 0.25) is 0 Å². The Hall–Kier alpha value is -3.14. The SMILES string of the molecule is Fc1ccc2c(c1)CCC(c1nc3ccccc3n1Cc1ccccc1)O2. The molecule has 0 radical (unpaired) electrons. The van der Waals surface area contributed by atoms with Gasteiger partial charge in [0.25, 0.3) is 0 Å². The predicted molar refractivity (Wildman–Crippen MR) is 103 cm³/mol. The second kappa shape index (κ2) is 6.54. The standard InChI is InChI=1S/C23H19FN2O/c24-18-11-13-21-17(14-18)10-12-22(27-21)23-25-19-8-4-5-9-20(19)26(23)15-16-6-2-1-3-7-16/h1-9,11,13-14,22H,10,12,15H2. The molecule has 5 rings (SSSR count). The van der Waals surface area contributed by atoms with Gasteiger partial charge in [0, 0.05) is 6.54 Å². The van der Waals surface area contributed by atoms with Gasteiger partial charge in [-0.2, -0.15) is 0 Å². The third-order valence-corrected chi connectivity index (χ3v) is 5.12. The monoisotopic (exact) mass is 358 g/mol. The normalized spacial score (nSPS) is 16.1. The Labute approximate surface area is 157 Å². The molecule has 1 atom stereocenters. The van der Waals surface area contributed by atoms with Crippen LogP contribution >= 0.6 is 0 Å². The highest BCUT2D eigenvalue weighted by Gasteiger charge is 2.27. The molecule has 2 heterocycles. The van der Waals surface area contributed by atoms with Gasteiger partial charge in [-0.25, -0.2) is 9.37 Å². The maximum absolute atomic E-state index is 13.5. The van der Waals surface area contributed by atoms with Crippen LogP contribution in [0, 0.1) is 5.82 Å². The van der Waals surface area contributed by atoms with Crippen molar-refractivity contribution >= 4 is 11.0 Å². The smallest absolute Gasteiger partial charge is 0.157 e. The Kier molecular flexibility index (Phi) is 3.89. The van der Waals surface area contributed by atoms with Gasteiger partial charge in [0.15, 0.2) is 11.9 Å². The van der Waals surface area contributed by atoms with Gasteiger partial charge < -0.3 is 9.30 Å². The van der Waals surface area contributed by atoms with Crippen molar-refractivity contribution < 1.29 is 9.13 Å². The molecule has 0 aliphatic carbocycles. The maximum atomic E-state index is 13.5. The summed E-state index contributed by atoms with van der Waals surface area (Å²) in [5.74, 6) is 1.47. The van der Waals surface area contributed by atoms with E-state index in [-0.39, 0.29) is 11.9 Å². The average molecular weight is 358 g/mol. The van der Waals surface area contributed by atoms with Crippen LogP contribution in [0.1, 0.15) is 29.5 Å². The number of fused-ring (bicyclic) bond motifs is 2. The molecule has 0 saturated heterocycles. The first kappa shape index (κ1) is 16.1. The third kappa shape index (κ3) is 2.97. The van der Waals surface area contributed by atoms with Crippen molar-refractivity contribution in [2.45, 2.75) is 25.5 Å². The zero-order chi connectivity index (χ0) is 18.2. The fraction of sp³-hybridized carbons (Fsp3) is 0.174. The minimum absolute atomic E-state index is 0.140. The fourth-order valence-corrected chi connectivity index (χ4v) is 3.81. The minimum atomic E-state index is -0.216. The van der Waals surface area contributed by atoms with Crippen LogP contribution in [0.5, 0.6) is 5.75 Å². The van der Waals surface area contributed by atoms with E-state index < -0.39 is 0 Å². The summed E-state index contributed by atoms with van der Waals surface area (Å²) in [6.07, 6.45) is 1.43. The fourth-order valence-electron chi connectivity index (χ4n) is 3.81. The van der Waals surface area contributed by atoms with Crippen LogP contribution in [-0.4, -0.2) is 9.55 Å². The molecular formula is C23H19FN2O. The number of halogens is 1.